The molecule has 4 heteroatoms. The summed E-state index contributed by atoms with van der Waals surface area (Å²) < 4.78 is 25.7. The van der Waals surface area contributed by atoms with E-state index >= 15 is 0 Å². The van der Waals surface area contributed by atoms with Gasteiger partial charge in [0.05, 0.1) is 0 Å². The zero-order valence-electron chi connectivity index (χ0n) is 9.65. The zero-order chi connectivity index (χ0) is 11.3. The summed E-state index contributed by atoms with van der Waals surface area (Å²) in [7, 11) is 1.92. The van der Waals surface area contributed by atoms with Gasteiger partial charge in [-0.2, -0.15) is 0 Å². The van der Waals surface area contributed by atoms with E-state index in [1.165, 1.54) is 0 Å². The van der Waals surface area contributed by atoms with Crippen LogP contribution < -0.4 is 10.6 Å². The van der Waals surface area contributed by atoms with E-state index in [0.717, 1.165) is 13.1 Å². The molecule has 2 nitrogen and oxygen atoms in total. The van der Waals surface area contributed by atoms with Crippen molar-refractivity contribution in [3.05, 3.63) is 0 Å². The SMILES string of the molecule is CNCC(C)NCC1CCC(F)(F)CC1. The van der Waals surface area contributed by atoms with Gasteiger partial charge in [0.15, 0.2) is 0 Å². The molecule has 90 valence electrons. The van der Waals surface area contributed by atoms with Crippen LogP contribution in [0.2, 0.25) is 0 Å². The van der Waals surface area contributed by atoms with Gasteiger partial charge in [-0.3, -0.25) is 0 Å². The summed E-state index contributed by atoms with van der Waals surface area (Å²) in [6.45, 7) is 3.90. The Morgan fingerprint density at radius 1 is 1.33 bits per heavy atom. The van der Waals surface area contributed by atoms with Crippen LogP contribution in [0.5, 0.6) is 0 Å². The average Bonchev–Trinajstić information content (AvgIpc) is 2.17. The highest BCUT2D eigenvalue weighted by Crippen LogP contribution is 2.35. The lowest BCUT2D eigenvalue weighted by Gasteiger charge is -2.29. The number of likely N-dealkylation sites (N-methyl/N-ethyl adjacent to an activating group) is 1. The molecule has 0 amide bonds. The van der Waals surface area contributed by atoms with Crippen molar-refractivity contribution in [2.75, 3.05) is 20.1 Å². The molecule has 1 aliphatic carbocycles. The molecule has 1 unspecified atom stereocenters. The Morgan fingerprint density at radius 2 is 1.93 bits per heavy atom. The second-order valence-corrected chi connectivity index (χ2v) is 4.67. The van der Waals surface area contributed by atoms with Gasteiger partial charge in [0.25, 0.3) is 0 Å². The Bertz CT molecular complexity index is 175. The molecule has 0 aliphatic heterocycles. The van der Waals surface area contributed by atoms with Gasteiger partial charge in [0.2, 0.25) is 5.92 Å². The van der Waals surface area contributed by atoms with Crippen LogP contribution in [0.25, 0.3) is 0 Å². The highest BCUT2D eigenvalue weighted by Gasteiger charge is 2.34. The monoisotopic (exact) mass is 220 g/mol. The van der Waals surface area contributed by atoms with Crippen molar-refractivity contribution < 1.29 is 8.78 Å². The lowest BCUT2D eigenvalue weighted by molar-refractivity contribution is -0.0456. The molecular weight excluding hydrogens is 198 g/mol. The van der Waals surface area contributed by atoms with E-state index < -0.39 is 5.92 Å². The van der Waals surface area contributed by atoms with Gasteiger partial charge in [0, 0.05) is 25.4 Å². The molecule has 2 N–H and O–H groups in total. The first kappa shape index (κ1) is 12.8. The number of hydrogen-bond donors (Lipinski definition) is 2. The van der Waals surface area contributed by atoms with Gasteiger partial charge < -0.3 is 10.6 Å². The standard InChI is InChI=1S/C11H22F2N2/c1-9(7-14-2)15-8-10-3-5-11(12,13)6-4-10/h9-10,14-15H,3-8H2,1-2H3. The van der Waals surface area contributed by atoms with Crippen LogP contribution in [0.3, 0.4) is 0 Å². The zero-order valence-corrected chi connectivity index (χ0v) is 9.65. The number of halogens is 2. The molecule has 0 aromatic rings. The molecule has 1 atom stereocenters. The molecule has 15 heavy (non-hydrogen) atoms. The molecule has 1 aliphatic rings. The molecule has 1 saturated carbocycles. The fourth-order valence-electron chi connectivity index (χ4n) is 2.05. The fraction of sp³-hybridized carbons (Fsp3) is 1.00. The number of alkyl halides is 2. The van der Waals surface area contributed by atoms with Gasteiger partial charge in [-0.25, -0.2) is 8.78 Å². The van der Waals surface area contributed by atoms with Crippen LogP contribution in [0, 0.1) is 5.92 Å². The minimum Gasteiger partial charge on any atom is -0.318 e. The van der Waals surface area contributed by atoms with Crippen molar-refractivity contribution in [3.63, 3.8) is 0 Å². The van der Waals surface area contributed by atoms with E-state index in [-0.39, 0.29) is 12.8 Å². The molecule has 1 fully saturated rings. The minimum atomic E-state index is -2.40. The molecular formula is C11H22F2N2. The Labute approximate surface area is 90.8 Å². The third kappa shape index (κ3) is 4.89. The summed E-state index contributed by atoms with van der Waals surface area (Å²) in [6.07, 6.45) is 1.46. The lowest BCUT2D eigenvalue weighted by Crippen LogP contribution is -2.39. The molecule has 0 aromatic heterocycles. The van der Waals surface area contributed by atoms with E-state index in [9.17, 15) is 8.78 Å². The molecule has 0 radical (unpaired) electrons. The molecule has 0 aromatic carbocycles. The largest absolute Gasteiger partial charge is 0.318 e. The summed E-state index contributed by atoms with van der Waals surface area (Å²) in [5.74, 6) is -1.96. The lowest BCUT2D eigenvalue weighted by atomic mass is 9.86. The van der Waals surface area contributed by atoms with Crippen LogP contribution in [-0.2, 0) is 0 Å². The molecule has 0 spiro atoms. The van der Waals surface area contributed by atoms with Crippen molar-refractivity contribution in [1.82, 2.24) is 10.6 Å². The molecule has 0 heterocycles. The summed E-state index contributed by atoms with van der Waals surface area (Å²) in [4.78, 5) is 0. The van der Waals surface area contributed by atoms with Gasteiger partial charge in [-0.1, -0.05) is 0 Å². The predicted molar refractivity (Wildman–Crippen MR) is 58.3 cm³/mol. The third-order valence-corrected chi connectivity index (χ3v) is 3.10. The second kappa shape index (κ2) is 5.75. The highest BCUT2D eigenvalue weighted by atomic mass is 19.3. The van der Waals surface area contributed by atoms with Crippen LogP contribution in [-0.4, -0.2) is 32.1 Å². The van der Waals surface area contributed by atoms with Crippen LogP contribution in [0.4, 0.5) is 8.78 Å². The topological polar surface area (TPSA) is 24.1 Å². The van der Waals surface area contributed by atoms with Crippen molar-refractivity contribution in [2.24, 2.45) is 5.92 Å². The van der Waals surface area contributed by atoms with Gasteiger partial charge in [-0.15, -0.1) is 0 Å². The fourth-order valence-corrected chi connectivity index (χ4v) is 2.05. The first-order valence-electron chi connectivity index (χ1n) is 5.79. The van der Waals surface area contributed by atoms with Gasteiger partial charge in [-0.05, 0) is 39.3 Å². The smallest absolute Gasteiger partial charge is 0.248 e. The van der Waals surface area contributed by atoms with E-state index in [4.69, 9.17) is 0 Å². The number of rotatable bonds is 5. The van der Waals surface area contributed by atoms with Crippen molar-refractivity contribution in [3.8, 4) is 0 Å². The minimum absolute atomic E-state index is 0.0692. The van der Waals surface area contributed by atoms with Gasteiger partial charge >= 0.3 is 0 Å². The van der Waals surface area contributed by atoms with Crippen molar-refractivity contribution in [2.45, 2.75) is 44.6 Å². The summed E-state index contributed by atoms with van der Waals surface area (Å²) >= 11 is 0. The third-order valence-electron chi connectivity index (χ3n) is 3.10. The number of nitrogens with one attached hydrogen (secondary N) is 2. The first-order chi connectivity index (χ1) is 7.03. The Balaban J connectivity index is 2.13. The van der Waals surface area contributed by atoms with Crippen molar-refractivity contribution in [1.29, 1.82) is 0 Å². The van der Waals surface area contributed by atoms with Crippen LogP contribution in [0.15, 0.2) is 0 Å². The quantitative estimate of drug-likeness (QED) is 0.740. The summed E-state index contributed by atoms with van der Waals surface area (Å²) in [5.41, 5.74) is 0. The van der Waals surface area contributed by atoms with E-state index in [1.807, 2.05) is 7.05 Å². The summed E-state index contributed by atoms with van der Waals surface area (Å²) in [6, 6.07) is 0.414. The maximum absolute atomic E-state index is 12.9. The maximum atomic E-state index is 12.9. The summed E-state index contributed by atoms with van der Waals surface area (Å²) in [5, 5.41) is 6.46. The van der Waals surface area contributed by atoms with E-state index in [0.29, 0.717) is 24.8 Å². The van der Waals surface area contributed by atoms with Crippen molar-refractivity contribution >= 4 is 0 Å². The predicted octanol–water partition coefficient (Wildman–Crippen LogP) is 2.01. The molecule has 0 saturated heterocycles. The normalized spacial score (nSPS) is 24.0. The maximum Gasteiger partial charge on any atom is 0.248 e. The number of hydrogen-bond acceptors (Lipinski definition) is 2. The second-order valence-electron chi connectivity index (χ2n) is 4.67. The van der Waals surface area contributed by atoms with E-state index in [1.54, 1.807) is 0 Å². The Hall–Kier alpha value is -0.220. The molecule has 0 bridgehead atoms. The van der Waals surface area contributed by atoms with E-state index in [2.05, 4.69) is 17.6 Å². The van der Waals surface area contributed by atoms with Gasteiger partial charge in [0.1, 0.15) is 0 Å². The Kier molecular flexibility index (Phi) is 4.93. The highest BCUT2D eigenvalue weighted by molar-refractivity contribution is 4.79. The molecule has 1 rings (SSSR count). The van der Waals surface area contributed by atoms with Crippen LogP contribution >= 0.6 is 0 Å². The van der Waals surface area contributed by atoms with Crippen LogP contribution in [0.1, 0.15) is 32.6 Å². The first-order valence-corrected chi connectivity index (χ1v) is 5.79. The average molecular weight is 220 g/mol. The Morgan fingerprint density at radius 3 is 2.47 bits per heavy atom.